The Morgan fingerprint density at radius 3 is 2.36 bits per heavy atom. The first-order chi connectivity index (χ1) is 10.5. The van der Waals surface area contributed by atoms with Gasteiger partial charge in [-0.15, -0.1) is 0 Å². The minimum absolute atomic E-state index is 0.896. The third kappa shape index (κ3) is 3.53. The van der Waals surface area contributed by atoms with E-state index < -0.39 is 0 Å². The summed E-state index contributed by atoms with van der Waals surface area (Å²) in [7, 11) is 6.23. The Labute approximate surface area is 135 Å². The number of hydrogen-bond acceptors (Lipinski definition) is 2. The van der Waals surface area contributed by atoms with Crippen LogP contribution in [0, 0.1) is 13.8 Å². The van der Waals surface area contributed by atoms with Gasteiger partial charge < -0.3 is 15.2 Å². The molecule has 22 heavy (non-hydrogen) atoms. The Morgan fingerprint density at radius 1 is 1.18 bits per heavy atom. The van der Waals surface area contributed by atoms with Gasteiger partial charge in [0.2, 0.25) is 0 Å². The van der Waals surface area contributed by atoms with Crippen molar-refractivity contribution in [3.8, 4) is 0 Å². The molecule has 0 saturated heterocycles. The maximum atomic E-state index is 3.36. The molecule has 0 amide bonds. The lowest BCUT2D eigenvalue weighted by molar-refractivity contribution is 0.584. The van der Waals surface area contributed by atoms with Crippen LogP contribution in [0.5, 0.6) is 0 Å². The molecule has 3 heteroatoms. The zero-order chi connectivity index (χ0) is 16.9. The van der Waals surface area contributed by atoms with Crippen LogP contribution in [0.3, 0.4) is 0 Å². The van der Waals surface area contributed by atoms with E-state index in [1.807, 2.05) is 27.1 Å². The highest BCUT2D eigenvalue weighted by molar-refractivity contribution is 5.95. The lowest BCUT2D eigenvalue weighted by atomic mass is 9.95. The van der Waals surface area contributed by atoms with Crippen molar-refractivity contribution in [1.29, 1.82) is 0 Å². The van der Waals surface area contributed by atoms with Crippen LogP contribution in [0.25, 0.3) is 16.6 Å². The number of benzene rings is 1. The summed E-state index contributed by atoms with van der Waals surface area (Å²) in [6, 6.07) is 4.45. The fourth-order valence-corrected chi connectivity index (χ4v) is 3.07. The summed E-state index contributed by atoms with van der Waals surface area (Å²) in [5.41, 5.74) is 7.87. The summed E-state index contributed by atoms with van der Waals surface area (Å²) < 4.78 is 0. The van der Waals surface area contributed by atoms with Crippen LogP contribution < -0.4 is 5.32 Å². The quantitative estimate of drug-likeness (QED) is 0.881. The highest BCUT2D eigenvalue weighted by Crippen LogP contribution is 2.32. The van der Waals surface area contributed by atoms with Crippen LogP contribution in [-0.2, 0) is 0 Å². The molecule has 0 fully saturated rings. The molecule has 1 aromatic heterocycles. The first-order valence-electron chi connectivity index (χ1n) is 8.06. The molecule has 0 spiro atoms. The van der Waals surface area contributed by atoms with E-state index in [2.05, 4.69) is 62.2 Å². The normalized spacial score (nSPS) is 11.8. The molecule has 0 aliphatic rings. The molecule has 2 rings (SSSR count). The summed E-state index contributed by atoms with van der Waals surface area (Å²) in [4.78, 5) is 5.58. The summed E-state index contributed by atoms with van der Waals surface area (Å²) in [6.45, 7) is 11.5. The number of fused-ring (bicyclic) bond motifs is 1. The van der Waals surface area contributed by atoms with E-state index in [1.54, 1.807) is 0 Å². The number of nitrogens with one attached hydrogen (secondary N) is 2. The van der Waals surface area contributed by atoms with E-state index in [0.29, 0.717) is 0 Å². The molecule has 0 aliphatic heterocycles. The number of nitrogens with zero attached hydrogens (tertiary/aromatic N) is 1. The molecule has 122 valence electrons. The van der Waals surface area contributed by atoms with Gasteiger partial charge in [0.05, 0.1) is 0 Å². The van der Waals surface area contributed by atoms with E-state index in [0.717, 1.165) is 6.54 Å². The Balaban J connectivity index is 0.00000116. The first kappa shape index (κ1) is 18.3. The van der Waals surface area contributed by atoms with Crippen molar-refractivity contribution in [2.75, 3.05) is 27.7 Å². The highest BCUT2D eigenvalue weighted by Gasteiger charge is 2.16. The topological polar surface area (TPSA) is 31.1 Å². The van der Waals surface area contributed by atoms with Crippen molar-refractivity contribution < 1.29 is 0 Å². The van der Waals surface area contributed by atoms with Crippen molar-refractivity contribution in [2.45, 2.75) is 34.6 Å². The van der Waals surface area contributed by atoms with Crippen LogP contribution in [0.2, 0.25) is 0 Å². The summed E-state index contributed by atoms with van der Waals surface area (Å²) in [6.07, 6.45) is 2.03. The molecule has 2 N–H and O–H groups in total. The second kappa shape index (κ2) is 8.04. The predicted molar refractivity (Wildman–Crippen MR) is 99.3 cm³/mol. The van der Waals surface area contributed by atoms with Gasteiger partial charge in [-0.25, -0.2) is 0 Å². The number of likely N-dealkylation sites (N-methyl/N-ethyl adjacent to an activating group) is 1. The monoisotopic (exact) mass is 301 g/mol. The zero-order valence-electron chi connectivity index (χ0n) is 15.4. The molecule has 2 aromatic rings. The lowest BCUT2D eigenvalue weighted by Gasteiger charge is -2.24. The number of aryl methyl sites for hydroxylation is 2. The molecule has 3 nitrogen and oxygen atoms in total. The van der Waals surface area contributed by atoms with E-state index in [-0.39, 0.29) is 0 Å². The summed E-state index contributed by atoms with van der Waals surface area (Å²) in [5.74, 6) is 0. The van der Waals surface area contributed by atoms with Crippen LogP contribution in [0.15, 0.2) is 23.9 Å². The maximum absolute atomic E-state index is 3.36. The number of hydrogen-bond donors (Lipinski definition) is 2. The van der Waals surface area contributed by atoms with Crippen LogP contribution in [0.4, 0.5) is 0 Å². The van der Waals surface area contributed by atoms with E-state index in [4.69, 9.17) is 0 Å². The smallest absolute Gasteiger partial charge is 0.0490 e. The second-order valence-electron chi connectivity index (χ2n) is 5.71. The molecular weight excluding hydrogens is 270 g/mol. The van der Waals surface area contributed by atoms with Gasteiger partial charge >= 0.3 is 0 Å². The van der Waals surface area contributed by atoms with Crippen molar-refractivity contribution in [3.05, 3.63) is 40.6 Å². The standard InChI is InChI=1S/C17H25N3.C2H6/c1-11-9-12(2)16-14(7-8-19-16)15(11)17(20(5)6)13(3)10-18-4;1-2/h7-9,18-19H,10H2,1-6H3;1-2H3/b17-13+;. The molecule has 0 radical (unpaired) electrons. The molecule has 0 saturated carbocycles. The van der Waals surface area contributed by atoms with Gasteiger partial charge in [-0.2, -0.15) is 0 Å². The second-order valence-corrected chi connectivity index (χ2v) is 5.71. The average molecular weight is 301 g/mol. The van der Waals surface area contributed by atoms with Crippen molar-refractivity contribution >= 4 is 16.6 Å². The molecule has 1 heterocycles. The lowest BCUT2D eigenvalue weighted by Crippen LogP contribution is -2.18. The maximum Gasteiger partial charge on any atom is 0.0490 e. The van der Waals surface area contributed by atoms with Gasteiger partial charge in [-0.05, 0) is 50.6 Å². The van der Waals surface area contributed by atoms with Crippen molar-refractivity contribution in [2.24, 2.45) is 0 Å². The predicted octanol–water partition coefficient (Wildman–Crippen LogP) is 4.32. The molecule has 1 aromatic carbocycles. The third-order valence-electron chi connectivity index (χ3n) is 3.77. The van der Waals surface area contributed by atoms with Gasteiger partial charge in [0.25, 0.3) is 0 Å². The van der Waals surface area contributed by atoms with Gasteiger partial charge in [-0.3, -0.25) is 0 Å². The van der Waals surface area contributed by atoms with Crippen LogP contribution >= 0.6 is 0 Å². The van der Waals surface area contributed by atoms with Crippen molar-refractivity contribution in [3.63, 3.8) is 0 Å². The molecule has 0 unspecified atom stereocenters. The molecule has 0 atom stereocenters. The molecular formula is C19H31N3. The summed E-state index contributed by atoms with van der Waals surface area (Å²) >= 11 is 0. The Morgan fingerprint density at radius 2 is 1.82 bits per heavy atom. The van der Waals surface area contributed by atoms with E-state index >= 15 is 0 Å². The zero-order valence-corrected chi connectivity index (χ0v) is 15.4. The van der Waals surface area contributed by atoms with E-state index in [9.17, 15) is 0 Å². The summed E-state index contributed by atoms with van der Waals surface area (Å²) in [5, 5.41) is 4.56. The molecule has 0 bridgehead atoms. The van der Waals surface area contributed by atoms with Gasteiger partial charge in [0.15, 0.2) is 0 Å². The highest BCUT2D eigenvalue weighted by atomic mass is 15.1. The van der Waals surface area contributed by atoms with Crippen LogP contribution in [-0.4, -0.2) is 37.6 Å². The Hall–Kier alpha value is -1.74. The van der Waals surface area contributed by atoms with Crippen LogP contribution in [0.1, 0.15) is 37.5 Å². The minimum atomic E-state index is 0.896. The Bertz CT molecular complexity index is 648. The van der Waals surface area contributed by atoms with E-state index in [1.165, 1.54) is 38.9 Å². The van der Waals surface area contributed by atoms with Gasteiger partial charge in [0.1, 0.15) is 0 Å². The van der Waals surface area contributed by atoms with Gasteiger partial charge in [-0.1, -0.05) is 19.9 Å². The first-order valence-corrected chi connectivity index (χ1v) is 8.06. The SMILES string of the molecule is CC.CNC/C(C)=C(\c1c(C)cc(C)c2[nH]ccc12)N(C)C. The fourth-order valence-electron chi connectivity index (χ4n) is 3.07. The Kier molecular flexibility index (Phi) is 6.69. The number of aromatic amines is 1. The minimum Gasteiger partial charge on any atom is -0.377 e. The number of H-pyrrole nitrogens is 1. The largest absolute Gasteiger partial charge is 0.377 e. The number of rotatable bonds is 4. The average Bonchev–Trinajstić information content (AvgIpc) is 2.94. The number of aromatic nitrogens is 1. The third-order valence-corrected chi connectivity index (χ3v) is 3.77. The molecule has 0 aliphatic carbocycles. The fraction of sp³-hybridized carbons (Fsp3) is 0.474. The van der Waals surface area contributed by atoms with Gasteiger partial charge in [0, 0.05) is 49.0 Å². The van der Waals surface area contributed by atoms with Crippen molar-refractivity contribution in [1.82, 2.24) is 15.2 Å².